The SMILES string of the molecule is Cc1ccc(Cl)cc1NC(=O)C1(O)CCCC1. The lowest BCUT2D eigenvalue weighted by molar-refractivity contribution is -0.133. The number of nitrogens with one attached hydrogen (secondary N) is 1. The zero-order chi connectivity index (χ0) is 12.5. The Labute approximate surface area is 106 Å². The average Bonchev–Trinajstić information content (AvgIpc) is 2.72. The molecule has 1 amide bonds. The van der Waals surface area contributed by atoms with Crippen molar-refractivity contribution in [1.29, 1.82) is 0 Å². The Hall–Kier alpha value is -1.06. The maximum atomic E-state index is 12.0. The molecule has 0 radical (unpaired) electrons. The first kappa shape index (κ1) is 12.4. The lowest BCUT2D eigenvalue weighted by Gasteiger charge is -2.21. The van der Waals surface area contributed by atoms with Crippen LogP contribution in [-0.2, 0) is 4.79 Å². The maximum absolute atomic E-state index is 12.0. The molecule has 0 aliphatic heterocycles. The second-order valence-electron chi connectivity index (χ2n) is 4.65. The fourth-order valence-electron chi connectivity index (χ4n) is 2.15. The zero-order valence-electron chi connectivity index (χ0n) is 9.79. The minimum atomic E-state index is -1.20. The summed E-state index contributed by atoms with van der Waals surface area (Å²) in [5.74, 6) is -0.319. The van der Waals surface area contributed by atoms with Gasteiger partial charge in [-0.15, -0.1) is 0 Å². The first-order chi connectivity index (χ1) is 8.01. The fraction of sp³-hybridized carbons (Fsp3) is 0.462. The molecule has 1 aliphatic carbocycles. The van der Waals surface area contributed by atoms with Gasteiger partial charge in [0.15, 0.2) is 0 Å². The van der Waals surface area contributed by atoms with Gasteiger partial charge in [-0.05, 0) is 50.3 Å². The minimum Gasteiger partial charge on any atom is -0.380 e. The molecule has 0 spiro atoms. The minimum absolute atomic E-state index is 0.319. The summed E-state index contributed by atoms with van der Waals surface area (Å²) in [6, 6.07) is 5.32. The molecule has 0 atom stereocenters. The molecule has 17 heavy (non-hydrogen) atoms. The molecule has 2 N–H and O–H groups in total. The molecule has 1 aromatic rings. The first-order valence-corrected chi connectivity index (χ1v) is 6.19. The van der Waals surface area contributed by atoms with E-state index >= 15 is 0 Å². The van der Waals surface area contributed by atoms with Crippen LogP contribution in [0.15, 0.2) is 18.2 Å². The van der Waals surface area contributed by atoms with Gasteiger partial charge in [0.25, 0.3) is 5.91 Å². The van der Waals surface area contributed by atoms with Crippen molar-refractivity contribution in [3.8, 4) is 0 Å². The van der Waals surface area contributed by atoms with E-state index in [9.17, 15) is 9.90 Å². The summed E-state index contributed by atoms with van der Waals surface area (Å²) in [4.78, 5) is 12.0. The van der Waals surface area contributed by atoms with Gasteiger partial charge in [0.2, 0.25) is 0 Å². The molecule has 4 heteroatoms. The third kappa shape index (κ3) is 2.61. The van der Waals surface area contributed by atoms with Crippen LogP contribution in [0.25, 0.3) is 0 Å². The number of aliphatic hydroxyl groups is 1. The number of benzene rings is 1. The molecule has 3 nitrogen and oxygen atoms in total. The highest BCUT2D eigenvalue weighted by Crippen LogP contribution is 2.31. The molecule has 0 unspecified atom stereocenters. The van der Waals surface area contributed by atoms with Gasteiger partial charge >= 0.3 is 0 Å². The van der Waals surface area contributed by atoms with Gasteiger partial charge in [-0.3, -0.25) is 4.79 Å². The maximum Gasteiger partial charge on any atom is 0.256 e. The summed E-state index contributed by atoms with van der Waals surface area (Å²) in [6.45, 7) is 1.89. The summed E-state index contributed by atoms with van der Waals surface area (Å²) in [5, 5.41) is 13.5. The van der Waals surface area contributed by atoms with E-state index in [1.54, 1.807) is 12.1 Å². The number of carbonyl (C=O) groups excluding carboxylic acids is 1. The number of hydrogen-bond acceptors (Lipinski definition) is 2. The van der Waals surface area contributed by atoms with Gasteiger partial charge in [-0.1, -0.05) is 17.7 Å². The summed E-state index contributed by atoms with van der Waals surface area (Å²) in [5.41, 5.74) is 0.404. The molecule has 0 saturated heterocycles. The van der Waals surface area contributed by atoms with Crippen molar-refractivity contribution in [3.05, 3.63) is 28.8 Å². The van der Waals surface area contributed by atoms with Crippen LogP contribution in [0.4, 0.5) is 5.69 Å². The van der Waals surface area contributed by atoms with Crippen molar-refractivity contribution in [2.45, 2.75) is 38.2 Å². The van der Waals surface area contributed by atoms with E-state index in [1.807, 2.05) is 13.0 Å². The van der Waals surface area contributed by atoms with E-state index in [-0.39, 0.29) is 5.91 Å². The molecular formula is C13H16ClNO2. The Morgan fingerprint density at radius 3 is 2.71 bits per heavy atom. The molecule has 1 saturated carbocycles. The Balaban J connectivity index is 2.15. The van der Waals surface area contributed by atoms with Gasteiger partial charge in [-0.2, -0.15) is 0 Å². The summed E-state index contributed by atoms with van der Waals surface area (Å²) in [6.07, 6.45) is 2.88. The highest BCUT2D eigenvalue weighted by molar-refractivity contribution is 6.31. The number of carbonyl (C=O) groups is 1. The molecule has 0 heterocycles. The standard InChI is InChI=1S/C13H16ClNO2/c1-9-4-5-10(14)8-11(9)15-12(16)13(17)6-2-3-7-13/h4-5,8,17H,2-3,6-7H2,1H3,(H,15,16). The molecule has 1 aliphatic rings. The Morgan fingerprint density at radius 1 is 1.41 bits per heavy atom. The van der Waals surface area contributed by atoms with E-state index < -0.39 is 5.60 Å². The van der Waals surface area contributed by atoms with E-state index in [1.165, 1.54) is 0 Å². The predicted molar refractivity (Wildman–Crippen MR) is 68.2 cm³/mol. The number of amides is 1. The third-order valence-electron chi connectivity index (χ3n) is 3.30. The van der Waals surface area contributed by atoms with Crippen molar-refractivity contribution >= 4 is 23.2 Å². The smallest absolute Gasteiger partial charge is 0.256 e. The summed E-state index contributed by atoms with van der Waals surface area (Å²) < 4.78 is 0. The van der Waals surface area contributed by atoms with Crippen LogP contribution in [0.5, 0.6) is 0 Å². The molecule has 92 valence electrons. The van der Waals surface area contributed by atoms with Crippen LogP contribution in [0.2, 0.25) is 5.02 Å². The van der Waals surface area contributed by atoms with E-state index in [0.717, 1.165) is 18.4 Å². The molecule has 0 bridgehead atoms. The summed E-state index contributed by atoms with van der Waals surface area (Å²) >= 11 is 5.88. The number of rotatable bonds is 2. The molecular weight excluding hydrogens is 238 g/mol. The lowest BCUT2D eigenvalue weighted by atomic mass is 10.0. The van der Waals surface area contributed by atoms with Gasteiger partial charge in [0, 0.05) is 10.7 Å². The van der Waals surface area contributed by atoms with Gasteiger partial charge in [0.05, 0.1) is 0 Å². The van der Waals surface area contributed by atoms with Crippen molar-refractivity contribution < 1.29 is 9.90 Å². The third-order valence-corrected chi connectivity index (χ3v) is 3.54. The van der Waals surface area contributed by atoms with E-state index in [4.69, 9.17) is 11.6 Å². The average molecular weight is 254 g/mol. The molecule has 0 aromatic heterocycles. The quantitative estimate of drug-likeness (QED) is 0.852. The molecule has 1 fully saturated rings. The van der Waals surface area contributed by atoms with Crippen LogP contribution in [-0.4, -0.2) is 16.6 Å². The zero-order valence-corrected chi connectivity index (χ0v) is 10.5. The second kappa shape index (κ2) is 4.67. The normalized spacial score (nSPS) is 18.1. The predicted octanol–water partition coefficient (Wildman–Crippen LogP) is 2.89. The van der Waals surface area contributed by atoms with Crippen molar-refractivity contribution in [1.82, 2.24) is 0 Å². The largest absolute Gasteiger partial charge is 0.380 e. The van der Waals surface area contributed by atoms with Gasteiger partial charge < -0.3 is 10.4 Å². The first-order valence-electron chi connectivity index (χ1n) is 5.81. The van der Waals surface area contributed by atoms with Crippen molar-refractivity contribution in [2.75, 3.05) is 5.32 Å². The monoisotopic (exact) mass is 253 g/mol. The topological polar surface area (TPSA) is 49.3 Å². The van der Waals surface area contributed by atoms with Gasteiger partial charge in [-0.25, -0.2) is 0 Å². The Morgan fingerprint density at radius 2 is 2.06 bits per heavy atom. The van der Waals surface area contributed by atoms with Crippen molar-refractivity contribution in [2.24, 2.45) is 0 Å². The Bertz CT molecular complexity index is 439. The Kier molecular flexibility index (Phi) is 3.40. The van der Waals surface area contributed by atoms with E-state index in [0.29, 0.717) is 23.6 Å². The van der Waals surface area contributed by atoms with Crippen LogP contribution < -0.4 is 5.32 Å². The van der Waals surface area contributed by atoms with Gasteiger partial charge in [0.1, 0.15) is 5.60 Å². The van der Waals surface area contributed by atoms with Crippen LogP contribution >= 0.6 is 11.6 Å². The molecule has 2 rings (SSSR count). The fourth-order valence-corrected chi connectivity index (χ4v) is 2.33. The summed E-state index contributed by atoms with van der Waals surface area (Å²) in [7, 11) is 0. The van der Waals surface area contributed by atoms with Crippen molar-refractivity contribution in [3.63, 3.8) is 0 Å². The number of aryl methyl sites for hydroxylation is 1. The van der Waals surface area contributed by atoms with Crippen LogP contribution in [0.3, 0.4) is 0 Å². The highest BCUT2D eigenvalue weighted by atomic mass is 35.5. The lowest BCUT2D eigenvalue weighted by Crippen LogP contribution is -2.40. The van der Waals surface area contributed by atoms with Crippen LogP contribution in [0, 0.1) is 6.92 Å². The second-order valence-corrected chi connectivity index (χ2v) is 5.09. The number of hydrogen-bond donors (Lipinski definition) is 2. The highest BCUT2D eigenvalue weighted by Gasteiger charge is 2.38. The van der Waals surface area contributed by atoms with Crippen LogP contribution in [0.1, 0.15) is 31.2 Å². The number of anilines is 1. The van der Waals surface area contributed by atoms with E-state index in [2.05, 4.69) is 5.32 Å². The molecule has 1 aromatic carbocycles. The number of halogens is 1.